The van der Waals surface area contributed by atoms with Crippen molar-refractivity contribution in [1.29, 1.82) is 0 Å². The Morgan fingerprint density at radius 1 is 0.953 bits per heavy atom. The zero-order valence-electron chi connectivity index (χ0n) is 23.7. The van der Waals surface area contributed by atoms with Crippen molar-refractivity contribution in [3.05, 3.63) is 112 Å². The first-order chi connectivity index (χ1) is 20.7. The quantitative estimate of drug-likeness (QED) is 0.0771. The Kier molecular flexibility index (Phi) is 8.99. The fourth-order valence-corrected chi connectivity index (χ4v) is 4.85. The van der Waals surface area contributed by atoms with E-state index in [1.165, 1.54) is 6.21 Å². The predicted molar refractivity (Wildman–Crippen MR) is 172 cm³/mol. The van der Waals surface area contributed by atoms with E-state index in [-0.39, 0.29) is 5.75 Å². The summed E-state index contributed by atoms with van der Waals surface area (Å²) in [6.07, 6.45) is 1.48. The molecule has 0 aliphatic rings. The maximum atomic E-state index is 13.4. The Morgan fingerprint density at radius 3 is 2.44 bits per heavy atom. The summed E-state index contributed by atoms with van der Waals surface area (Å²) >= 11 is 12.5. The number of anilines is 1. The number of hydrazone groups is 1. The first-order valence-corrected chi connectivity index (χ1v) is 14.2. The third kappa shape index (κ3) is 6.66. The maximum absolute atomic E-state index is 13.4. The molecular weight excluding hydrogens is 587 g/mol. The Morgan fingerprint density at radius 2 is 1.72 bits per heavy atom. The number of nitrogens with zero attached hydrogens (tertiary/aromatic N) is 2. The van der Waals surface area contributed by atoms with E-state index in [2.05, 4.69) is 15.5 Å². The largest absolute Gasteiger partial charge is 0.490 e. The predicted octanol–water partition coefficient (Wildman–Crippen LogP) is 7.59. The summed E-state index contributed by atoms with van der Waals surface area (Å²) in [5.41, 5.74) is 7.10. The second-order valence-electron chi connectivity index (χ2n) is 9.71. The monoisotopic (exact) mass is 614 g/mol. The molecule has 8 nitrogen and oxygen atoms in total. The highest BCUT2D eigenvalue weighted by molar-refractivity contribution is 6.34. The topological polar surface area (TPSA) is 96.0 Å². The zero-order chi connectivity index (χ0) is 30.5. The van der Waals surface area contributed by atoms with Crippen molar-refractivity contribution in [2.75, 3.05) is 25.6 Å². The van der Waals surface area contributed by atoms with E-state index < -0.39 is 11.9 Å². The SMILES string of the molecule is CCOc1cc(C=NNC(=O)c2[nH]c3ccc(N(C)C)cc3c2-c2ccccc2Cl)ccc1OC(=O)c1ccc(Cl)cc1. The third-order valence-corrected chi connectivity index (χ3v) is 7.18. The Labute approximate surface area is 258 Å². The summed E-state index contributed by atoms with van der Waals surface area (Å²) in [5, 5.41) is 6.08. The van der Waals surface area contributed by atoms with Crippen LogP contribution in [0, 0.1) is 0 Å². The lowest BCUT2D eigenvalue weighted by atomic mass is 10.0. The van der Waals surface area contributed by atoms with E-state index >= 15 is 0 Å². The molecule has 4 aromatic carbocycles. The van der Waals surface area contributed by atoms with Gasteiger partial charge in [-0.05, 0) is 79.2 Å². The summed E-state index contributed by atoms with van der Waals surface area (Å²) in [6, 6.07) is 24.7. The van der Waals surface area contributed by atoms with Gasteiger partial charge in [0.25, 0.3) is 5.91 Å². The average Bonchev–Trinajstić information content (AvgIpc) is 3.38. The summed E-state index contributed by atoms with van der Waals surface area (Å²) in [6.45, 7) is 2.17. The second kappa shape index (κ2) is 13.0. The van der Waals surface area contributed by atoms with Crippen LogP contribution < -0.4 is 19.8 Å². The molecule has 0 spiro atoms. The number of aromatic amines is 1. The van der Waals surface area contributed by atoms with E-state index in [0.717, 1.165) is 22.2 Å². The van der Waals surface area contributed by atoms with Gasteiger partial charge in [-0.3, -0.25) is 4.79 Å². The molecule has 0 atom stereocenters. The number of esters is 1. The molecule has 218 valence electrons. The fraction of sp³-hybridized carbons (Fsp3) is 0.121. The molecule has 1 amide bonds. The molecule has 0 aliphatic carbocycles. The zero-order valence-corrected chi connectivity index (χ0v) is 25.2. The molecule has 1 heterocycles. The number of hydrogen-bond acceptors (Lipinski definition) is 6. The first kappa shape index (κ1) is 29.7. The normalized spacial score (nSPS) is 11.1. The number of rotatable bonds is 9. The van der Waals surface area contributed by atoms with Gasteiger partial charge >= 0.3 is 5.97 Å². The third-order valence-electron chi connectivity index (χ3n) is 6.60. The molecule has 5 aromatic rings. The van der Waals surface area contributed by atoms with Gasteiger partial charge in [0.2, 0.25) is 0 Å². The fourth-order valence-electron chi connectivity index (χ4n) is 4.50. The molecule has 0 unspecified atom stereocenters. The van der Waals surface area contributed by atoms with Crippen LogP contribution >= 0.6 is 23.2 Å². The van der Waals surface area contributed by atoms with Crippen molar-refractivity contribution < 1.29 is 19.1 Å². The Hall–Kier alpha value is -4.79. The second-order valence-corrected chi connectivity index (χ2v) is 10.6. The van der Waals surface area contributed by atoms with Gasteiger partial charge in [0.05, 0.1) is 18.4 Å². The van der Waals surface area contributed by atoms with Crippen molar-refractivity contribution in [1.82, 2.24) is 10.4 Å². The standard InChI is InChI=1S/C33H28Cl2N4O4/c1-4-42-29-17-20(9-16-28(29)43-33(41)21-10-12-22(34)13-11-21)19-36-38-32(40)31-30(24-7-5-6-8-26(24)35)25-18-23(39(2)3)14-15-27(25)37-31/h5-19,37H,4H2,1-3H3,(H,38,40). The first-order valence-electron chi connectivity index (χ1n) is 13.4. The number of fused-ring (bicyclic) bond motifs is 1. The van der Waals surface area contributed by atoms with Crippen molar-refractivity contribution in [2.24, 2.45) is 5.10 Å². The van der Waals surface area contributed by atoms with Gasteiger partial charge in [0, 0.05) is 51.9 Å². The van der Waals surface area contributed by atoms with Crippen LogP contribution in [0.5, 0.6) is 11.5 Å². The summed E-state index contributed by atoms with van der Waals surface area (Å²) in [5.74, 6) is -0.375. The lowest BCUT2D eigenvalue weighted by molar-refractivity contribution is 0.0728. The minimum atomic E-state index is -0.545. The van der Waals surface area contributed by atoms with Gasteiger partial charge in [-0.1, -0.05) is 41.4 Å². The maximum Gasteiger partial charge on any atom is 0.343 e. The number of aromatic nitrogens is 1. The van der Waals surface area contributed by atoms with Gasteiger partial charge in [-0.15, -0.1) is 0 Å². The van der Waals surface area contributed by atoms with Gasteiger partial charge in [0.1, 0.15) is 5.69 Å². The number of H-pyrrole nitrogens is 1. The van der Waals surface area contributed by atoms with Gasteiger partial charge in [-0.25, -0.2) is 10.2 Å². The van der Waals surface area contributed by atoms with Gasteiger partial charge in [-0.2, -0.15) is 5.10 Å². The van der Waals surface area contributed by atoms with Gasteiger partial charge < -0.3 is 19.4 Å². The molecule has 2 N–H and O–H groups in total. The molecule has 5 rings (SSSR count). The number of carbonyl (C=O) groups is 2. The molecule has 10 heteroatoms. The smallest absolute Gasteiger partial charge is 0.343 e. The van der Waals surface area contributed by atoms with E-state index in [1.807, 2.05) is 62.3 Å². The minimum absolute atomic E-state index is 0.252. The number of hydrogen-bond donors (Lipinski definition) is 2. The molecule has 0 fully saturated rings. The van der Waals surface area contributed by atoms with Crippen molar-refractivity contribution in [3.63, 3.8) is 0 Å². The van der Waals surface area contributed by atoms with Crippen molar-refractivity contribution in [2.45, 2.75) is 6.92 Å². The highest BCUT2D eigenvalue weighted by Crippen LogP contribution is 2.38. The number of nitrogens with one attached hydrogen (secondary N) is 2. The van der Waals surface area contributed by atoms with Crippen LogP contribution in [0.25, 0.3) is 22.0 Å². The van der Waals surface area contributed by atoms with Crippen molar-refractivity contribution in [3.8, 4) is 22.6 Å². The molecule has 0 saturated heterocycles. The molecule has 43 heavy (non-hydrogen) atoms. The average molecular weight is 616 g/mol. The number of halogens is 2. The minimum Gasteiger partial charge on any atom is -0.490 e. The molecule has 0 saturated carbocycles. The van der Waals surface area contributed by atoms with Crippen LogP contribution in [0.2, 0.25) is 10.0 Å². The van der Waals surface area contributed by atoms with E-state index in [1.54, 1.807) is 48.5 Å². The Bertz CT molecular complexity index is 1830. The number of carbonyl (C=O) groups excluding carboxylic acids is 2. The lowest BCUT2D eigenvalue weighted by Crippen LogP contribution is -2.19. The molecule has 0 aliphatic heterocycles. The summed E-state index contributed by atoms with van der Waals surface area (Å²) in [7, 11) is 3.91. The van der Waals surface area contributed by atoms with E-state index in [9.17, 15) is 9.59 Å². The van der Waals surface area contributed by atoms with Crippen LogP contribution in [-0.2, 0) is 0 Å². The number of ether oxygens (including phenoxy) is 2. The Balaban J connectivity index is 1.39. The molecule has 1 aromatic heterocycles. The van der Waals surface area contributed by atoms with E-state index in [0.29, 0.717) is 44.8 Å². The van der Waals surface area contributed by atoms with Crippen molar-refractivity contribution >= 4 is 57.9 Å². The molecule has 0 bridgehead atoms. The highest BCUT2D eigenvalue weighted by Gasteiger charge is 2.21. The summed E-state index contributed by atoms with van der Waals surface area (Å²) in [4.78, 5) is 31.3. The number of benzene rings is 4. The number of amides is 1. The van der Waals surface area contributed by atoms with Crippen LogP contribution in [0.1, 0.15) is 33.3 Å². The van der Waals surface area contributed by atoms with Crippen LogP contribution in [0.15, 0.2) is 90.0 Å². The van der Waals surface area contributed by atoms with Crippen LogP contribution in [-0.4, -0.2) is 43.8 Å². The van der Waals surface area contributed by atoms with Crippen LogP contribution in [0.4, 0.5) is 5.69 Å². The highest BCUT2D eigenvalue weighted by atomic mass is 35.5. The van der Waals surface area contributed by atoms with E-state index in [4.69, 9.17) is 32.7 Å². The van der Waals surface area contributed by atoms with Gasteiger partial charge in [0.15, 0.2) is 11.5 Å². The molecule has 0 radical (unpaired) electrons. The summed E-state index contributed by atoms with van der Waals surface area (Å²) < 4.78 is 11.3. The lowest BCUT2D eigenvalue weighted by Gasteiger charge is -2.13. The molecular formula is C33H28Cl2N4O4. The van der Waals surface area contributed by atoms with Crippen LogP contribution in [0.3, 0.4) is 0 Å².